The summed E-state index contributed by atoms with van der Waals surface area (Å²) in [4.78, 5) is 12.0. The zero-order valence-corrected chi connectivity index (χ0v) is 11.0. The number of benzene rings is 1. The fourth-order valence-corrected chi connectivity index (χ4v) is 2.26. The zero-order chi connectivity index (χ0) is 13.8. The maximum absolute atomic E-state index is 12.0. The van der Waals surface area contributed by atoms with Crippen LogP contribution in [0.4, 0.5) is 0 Å². The summed E-state index contributed by atoms with van der Waals surface area (Å²) in [5.74, 6) is -0.190. The molecule has 1 aliphatic rings. The number of aryl methyl sites for hydroxylation is 2. The lowest BCUT2D eigenvalue weighted by Gasteiger charge is -2.11. The van der Waals surface area contributed by atoms with Gasteiger partial charge in [-0.25, -0.2) is 0 Å². The molecule has 1 amide bonds. The van der Waals surface area contributed by atoms with E-state index in [2.05, 4.69) is 10.5 Å². The van der Waals surface area contributed by atoms with Gasteiger partial charge in [-0.1, -0.05) is 18.1 Å². The number of amidine groups is 1. The van der Waals surface area contributed by atoms with Crippen molar-refractivity contribution < 1.29 is 10.0 Å². The number of amides is 1. The first-order valence-corrected chi connectivity index (χ1v) is 6.49. The van der Waals surface area contributed by atoms with Crippen molar-refractivity contribution in [3.05, 3.63) is 34.9 Å². The van der Waals surface area contributed by atoms with E-state index in [9.17, 15) is 4.79 Å². The Bertz CT molecular complexity index is 511. The molecule has 1 unspecified atom stereocenters. The molecule has 0 heterocycles. The Hall–Kier alpha value is -2.04. The second kappa shape index (κ2) is 5.73. The normalized spacial score (nSPS) is 15.9. The zero-order valence-electron chi connectivity index (χ0n) is 11.0. The van der Waals surface area contributed by atoms with Gasteiger partial charge in [0, 0.05) is 18.0 Å². The summed E-state index contributed by atoms with van der Waals surface area (Å²) in [5.41, 5.74) is 8.76. The van der Waals surface area contributed by atoms with Crippen LogP contribution < -0.4 is 11.1 Å². The molecule has 0 spiro atoms. The van der Waals surface area contributed by atoms with Crippen LogP contribution in [0.3, 0.4) is 0 Å². The van der Waals surface area contributed by atoms with Crippen molar-refractivity contribution in [2.45, 2.75) is 26.2 Å². The minimum atomic E-state index is -0.191. The molecule has 2 rings (SSSR count). The molecule has 1 aliphatic carbocycles. The average molecular weight is 261 g/mol. The number of oxime groups is 1. The number of nitrogens with zero attached hydrogens (tertiary/aromatic N) is 1. The van der Waals surface area contributed by atoms with E-state index in [0.29, 0.717) is 12.1 Å². The van der Waals surface area contributed by atoms with E-state index >= 15 is 0 Å². The van der Waals surface area contributed by atoms with E-state index in [1.54, 1.807) is 6.92 Å². The molecule has 5 nitrogen and oxygen atoms in total. The van der Waals surface area contributed by atoms with Crippen molar-refractivity contribution in [2.24, 2.45) is 16.8 Å². The summed E-state index contributed by atoms with van der Waals surface area (Å²) >= 11 is 0. The summed E-state index contributed by atoms with van der Waals surface area (Å²) in [5, 5.41) is 14.3. The van der Waals surface area contributed by atoms with E-state index in [1.165, 1.54) is 17.5 Å². The minimum absolute atomic E-state index is 0.118. The maximum Gasteiger partial charge on any atom is 0.251 e. The van der Waals surface area contributed by atoms with Gasteiger partial charge in [-0.2, -0.15) is 0 Å². The van der Waals surface area contributed by atoms with Crippen LogP contribution in [0.1, 0.15) is 34.8 Å². The third-order valence-electron chi connectivity index (χ3n) is 3.55. The van der Waals surface area contributed by atoms with Gasteiger partial charge in [-0.05, 0) is 42.5 Å². The number of nitrogens with one attached hydrogen (secondary N) is 1. The fraction of sp³-hybridized carbons (Fsp3) is 0.429. The molecule has 0 fully saturated rings. The van der Waals surface area contributed by atoms with Gasteiger partial charge >= 0.3 is 0 Å². The monoisotopic (exact) mass is 261 g/mol. The largest absolute Gasteiger partial charge is 0.409 e. The average Bonchev–Trinajstić information content (AvgIpc) is 2.90. The molecular weight excluding hydrogens is 242 g/mol. The second-order valence-corrected chi connectivity index (χ2v) is 4.97. The molecular formula is C14H19N3O2. The van der Waals surface area contributed by atoms with E-state index in [4.69, 9.17) is 10.9 Å². The maximum atomic E-state index is 12.0. The lowest BCUT2D eigenvalue weighted by Crippen LogP contribution is -2.34. The lowest BCUT2D eigenvalue weighted by atomic mass is 10.1. The van der Waals surface area contributed by atoms with Crippen molar-refractivity contribution in [1.29, 1.82) is 0 Å². The van der Waals surface area contributed by atoms with Gasteiger partial charge in [0.15, 0.2) is 0 Å². The van der Waals surface area contributed by atoms with Gasteiger partial charge in [-0.3, -0.25) is 4.79 Å². The molecule has 0 aliphatic heterocycles. The van der Waals surface area contributed by atoms with E-state index < -0.39 is 0 Å². The predicted molar refractivity (Wildman–Crippen MR) is 73.4 cm³/mol. The van der Waals surface area contributed by atoms with E-state index in [0.717, 1.165) is 12.8 Å². The van der Waals surface area contributed by atoms with Gasteiger partial charge < -0.3 is 16.3 Å². The Labute approximate surface area is 112 Å². The number of fused-ring (bicyclic) bond motifs is 1. The van der Waals surface area contributed by atoms with E-state index in [-0.39, 0.29) is 17.7 Å². The number of carbonyl (C=O) groups is 1. The van der Waals surface area contributed by atoms with Crippen LogP contribution in [0.2, 0.25) is 0 Å². The van der Waals surface area contributed by atoms with Crippen LogP contribution >= 0.6 is 0 Å². The minimum Gasteiger partial charge on any atom is -0.409 e. The summed E-state index contributed by atoms with van der Waals surface area (Å²) in [6.07, 6.45) is 3.33. The first-order chi connectivity index (χ1) is 9.11. The molecule has 5 heteroatoms. The Balaban J connectivity index is 1.97. The number of hydrogen-bond donors (Lipinski definition) is 3. The lowest BCUT2D eigenvalue weighted by molar-refractivity contribution is 0.0951. The Morgan fingerprint density at radius 3 is 2.95 bits per heavy atom. The van der Waals surface area contributed by atoms with Crippen molar-refractivity contribution in [2.75, 3.05) is 6.54 Å². The number of hydrogen-bond acceptors (Lipinski definition) is 3. The van der Waals surface area contributed by atoms with Gasteiger partial charge in [-0.15, -0.1) is 0 Å². The second-order valence-electron chi connectivity index (χ2n) is 4.97. The molecule has 4 N–H and O–H groups in total. The fourth-order valence-electron chi connectivity index (χ4n) is 2.26. The highest BCUT2D eigenvalue weighted by Gasteiger charge is 2.15. The van der Waals surface area contributed by atoms with Crippen molar-refractivity contribution in [1.82, 2.24) is 5.32 Å². The molecule has 19 heavy (non-hydrogen) atoms. The standard InChI is InChI=1S/C14H19N3O2/c1-9(13(15)17-19)8-16-14(18)12-6-5-10-3-2-4-11(10)7-12/h5-7,9,19H,2-4,8H2,1H3,(H2,15,17)(H,16,18). The van der Waals surface area contributed by atoms with Gasteiger partial charge in [0.05, 0.1) is 0 Å². The highest BCUT2D eigenvalue weighted by molar-refractivity contribution is 5.95. The smallest absolute Gasteiger partial charge is 0.251 e. The molecule has 102 valence electrons. The number of rotatable bonds is 4. The summed E-state index contributed by atoms with van der Waals surface area (Å²) in [6.45, 7) is 2.14. The molecule has 0 saturated heterocycles. The van der Waals surface area contributed by atoms with Crippen molar-refractivity contribution in [3.8, 4) is 0 Å². The van der Waals surface area contributed by atoms with E-state index in [1.807, 2.05) is 18.2 Å². The van der Waals surface area contributed by atoms with Gasteiger partial charge in [0.1, 0.15) is 5.84 Å². The van der Waals surface area contributed by atoms with Crippen LogP contribution in [0.25, 0.3) is 0 Å². The summed E-state index contributed by atoms with van der Waals surface area (Å²) in [6, 6.07) is 5.85. The van der Waals surface area contributed by atoms with Crippen LogP contribution in [0.15, 0.2) is 23.4 Å². The molecule has 0 aromatic heterocycles. The third-order valence-corrected chi connectivity index (χ3v) is 3.55. The first kappa shape index (κ1) is 13.4. The SMILES string of the molecule is CC(CNC(=O)c1ccc2c(c1)CCC2)C(N)=NO. The molecule has 1 aromatic carbocycles. The van der Waals surface area contributed by atoms with Gasteiger partial charge in [0.25, 0.3) is 5.91 Å². The number of carbonyl (C=O) groups excluding carboxylic acids is 1. The van der Waals surface area contributed by atoms with Crippen molar-refractivity contribution in [3.63, 3.8) is 0 Å². The predicted octanol–water partition coefficient (Wildman–Crippen LogP) is 1.29. The molecule has 0 bridgehead atoms. The first-order valence-electron chi connectivity index (χ1n) is 6.49. The summed E-state index contributed by atoms with van der Waals surface area (Å²) < 4.78 is 0. The molecule has 1 atom stereocenters. The molecule has 1 aromatic rings. The topological polar surface area (TPSA) is 87.7 Å². The summed E-state index contributed by atoms with van der Waals surface area (Å²) in [7, 11) is 0. The molecule has 0 saturated carbocycles. The Morgan fingerprint density at radius 2 is 2.21 bits per heavy atom. The van der Waals surface area contributed by atoms with Crippen LogP contribution in [0, 0.1) is 5.92 Å². The highest BCUT2D eigenvalue weighted by Crippen LogP contribution is 2.22. The van der Waals surface area contributed by atoms with Gasteiger partial charge in [0.2, 0.25) is 0 Å². The Morgan fingerprint density at radius 1 is 1.47 bits per heavy atom. The van der Waals surface area contributed by atoms with Crippen LogP contribution in [-0.4, -0.2) is 23.5 Å². The molecule has 0 radical (unpaired) electrons. The van der Waals surface area contributed by atoms with Crippen molar-refractivity contribution >= 4 is 11.7 Å². The quantitative estimate of drug-likeness (QED) is 0.330. The van der Waals surface area contributed by atoms with Crippen LogP contribution in [-0.2, 0) is 12.8 Å². The third kappa shape index (κ3) is 3.05. The van der Waals surface area contributed by atoms with Crippen LogP contribution in [0.5, 0.6) is 0 Å². The number of nitrogens with two attached hydrogens (primary N) is 1. The Kier molecular flexibility index (Phi) is 4.04. The highest BCUT2D eigenvalue weighted by atomic mass is 16.4.